The van der Waals surface area contributed by atoms with Crippen LogP contribution in [0, 0.1) is 5.92 Å². The van der Waals surface area contributed by atoms with Crippen molar-refractivity contribution in [3.8, 4) is 0 Å². The first-order chi connectivity index (χ1) is 9.79. The van der Waals surface area contributed by atoms with Crippen LogP contribution in [0.4, 0.5) is 0 Å². The number of aliphatic imine (C=N–C) groups is 1. The van der Waals surface area contributed by atoms with Crippen LogP contribution in [0.1, 0.15) is 18.4 Å². The highest BCUT2D eigenvalue weighted by atomic mass is 16.5. The first-order valence-corrected chi connectivity index (χ1v) is 7.52. The lowest BCUT2D eigenvalue weighted by atomic mass is 9.90. The predicted octanol–water partition coefficient (Wildman–Crippen LogP) is 1.65. The summed E-state index contributed by atoms with van der Waals surface area (Å²) < 4.78 is 5.47. The second-order valence-corrected chi connectivity index (χ2v) is 5.85. The average Bonchev–Trinajstić information content (AvgIpc) is 2.88. The molecule has 1 saturated heterocycles. The fraction of sp³-hybridized carbons (Fsp3) is 0.562. The largest absolute Gasteiger partial charge is 0.459 e. The third kappa shape index (κ3) is 3.51. The minimum atomic E-state index is 0.167. The maximum atomic E-state index is 5.55. The minimum absolute atomic E-state index is 0.167. The van der Waals surface area contributed by atoms with Crippen LogP contribution < -0.4 is 5.73 Å². The molecular formula is C16H23N3O. The van der Waals surface area contributed by atoms with E-state index in [-0.39, 0.29) is 6.10 Å². The van der Waals surface area contributed by atoms with Gasteiger partial charge in [0.05, 0.1) is 6.54 Å². The molecule has 3 rings (SSSR count). The second kappa shape index (κ2) is 6.27. The van der Waals surface area contributed by atoms with E-state index in [9.17, 15) is 0 Å². The monoisotopic (exact) mass is 273 g/mol. The maximum Gasteiger partial charge on any atom is 0.282 e. The van der Waals surface area contributed by atoms with Crippen molar-refractivity contribution < 1.29 is 4.74 Å². The van der Waals surface area contributed by atoms with Gasteiger partial charge >= 0.3 is 0 Å². The number of benzene rings is 1. The highest BCUT2D eigenvalue weighted by Gasteiger charge is 2.24. The predicted molar refractivity (Wildman–Crippen MR) is 80.7 cm³/mol. The van der Waals surface area contributed by atoms with Crippen LogP contribution >= 0.6 is 0 Å². The Morgan fingerprint density at radius 3 is 2.60 bits per heavy atom. The average molecular weight is 273 g/mol. The lowest BCUT2D eigenvalue weighted by Crippen LogP contribution is -2.40. The molecule has 0 radical (unpaired) electrons. The molecule has 0 spiro atoms. The van der Waals surface area contributed by atoms with E-state index >= 15 is 0 Å². The molecule has 2 aliphatic heterocycles. The van der Waals surface area contributed by atoms with Crippen molar-refractivity contribution in [2.24, 2.45) is 16.6 Å². The summed E-state index contributed by atoms with van der Waals surface area (Å²) in [7, 11) is 0. The quantitative estimate of drug-likeness (QED) is 0.907. The first-order valence-electron chi connectivity index (χ1n) is 7.52. The molecule has 0 aromatic heterocycles. The number of ether oxygens (including phenoxy) is 1. The van der Waals surface area contributed by atoms with Gasteiger partial charge in [-0.1, -0.05) is 30.3 Å². The summed E-state index contributed by atoms with van der Waals surface area (Å²) in [5.74, 6) is 0.819. The van der Waals surface area contributed by atoms with Crippen LogP contribution in [0.15, 0.2) is 35.3 Å². The molecule has 2 N–H and O–H groups in total. The van der Waals surface area contributed by atoms with Gasteiger partial charge in [0.1, 0.15) is 6.10 Å². The van der Waals surface area contributed by atoms with Crippen molar-refractivity contribution in [2.75, 3.05) is 26.2 Å². The summed E-state index contributed by atoms with van der Waals surface area (Å²) >= 11 is 0. The summed E-state index contributed by atoms with van der Waals surface area (Å²) in [6.07, 6.45) is 3.93. The molecule has 1 aromatic rings. The molecule has 0 amide bonds. The second-order valence-electron chi connectivity index (χ2n) is 5.85. The lowest BCUT2D eigenvalue weighted by molar-refractivity contribution is 0.112. The maximum absolute atomic E-state index is 5.55. The number of hydrogen-bond acceptors (Lipinski definition) is 4. The van der Waals surface area contributed by atoms with Gasteiger partial charge in [-0.25, -0.2) is 4.99 Å². The molecule has 0 aliphatic carbocycles. The molecule has 2 heterocycles. The third-order valence-electron chi connectivity index (χ3n) is 4.27. The molecule has 0 bridgehead atoms. The van der Waals surface area contributed by atoms with E-state index in [4.69, 9.17) is 10.5 Å². The van der Waals surface area contributed by atoms with Gasteiger partial charge in [0.15, 0.2) is 0 Å². The SMILES string of the molecule is NC1=NCC(CN2CCC(Cc3ccccc3)CC2)O1. The number of rotatable bonds is 4. The van der Waals surface area contributed by atoms with Crippen LogP contribution in [-0.2, 0) is 11.2 Å². The molecule has 1 fully saturated rings. The summed E-state index contributed by atoms with van der Waals surface area (Å²) in [6.45, 7) is 4.01. The summed E-state index contributed by atoms with van der Waals surface area (Å²) in [6, 6.07) is 11.2. The lowest BCUT2D eigenvalue weighted by Gasteiger charge is -2.33. The smallest absolute Gasteiger partial charge is 0.282 e. The number of nitrogens with zero attached hydrogens (tertiary/aromatic N) is 2. The Balaban J connectivity index is 1.41. The molecule has 2 aliphatic rings. The molecule has 1 unspecified atom stereocenters. The zero-order valence-electron chi connectivity index (χ0n) is 11.9. The van der Waals surface area contributed by atoms with Crippen molar-refractivity contribution in [2.45, 2.75) is 25.4 Å². The highest BCUT2D eigenvalue weighted by Crippen LogP contribution is 2.22. The molecule has 0 saturated carbocycles. The Labute approximate surface area is 120 Å². The zero-order chi connectivity index (χ0) is 13.8. The Bertz CT molecular complexity index is 452. The van der Waals surface area contributed by atoms with Gasteiger partial charge in [0.2, 0.25) is 0 Å². The molecule has 1 atom stereocenters. The molecule has 108 valence electrons. The van der Waals surface area contributed by atoms with E-state index in [0.717, 1.165) is 32.1 Å². The van der Waals surface area contributed by atoms with E-state index < -0.39 is 0 Å². The fourth-order valence-electron chi connectivity index (χ4n) is 3.14. The normalized spacial score (nSPS) is 24.4. The first kappa shape index (κ1) is 13.4. The van der Waals surface area contributed by atoms with Gasteiger partial charge in [-0.2, -0.15) is 0 Å². The van der Waals surface area contributed by atoms with Crippen molar-refractivity contribution in [3.05, 3.63) is 35.9 Å². The molecular weight excluding hydrogens is 250 g/mol. The summed E-state index contributed by atoms with van der Waals surface area (Å²) in [5.41, 5.74) is 7.01. The molecule has 4 heteroatoms. The van der Waals surface area contributed by atoms with Crippen LogP contribution in [0.3, 0.4) is 0 Å². The Kier molecular flexibility index (Phi) is 4.21. The number of amidine groups is 1. The summed E-state index contributed by atoms with van der Waals surface area (Å²) in [4.78, 5) is 6.59. The minimum Gasteiger partial charge on any atom is -0.459 e. The Morgan fingerprint density at radius 2 is 1.95 bits per heavy atom. The molecule has 4 nitrogen and oxygen atoms in total. The Morgan fingerprint density at radius 1 is 1.20 bits per heavy atom. The van der Waals surface area contributed by atoms with Crippen LogP contribution in [0.25, 0.3) is 0 Å². The number of piperidine rings is 1. The Hall–Kier alpha value is -1.55. The van der Waals surface area contributed by atoms with Gasteiger partial charge in [-0.3, -0.25) is 4.90 Å². The van der Waals surface area contributed by atoms with Crippen molar-refractivity contribution in [3.63, 3.8) is 0 Å². The van der Waals surface area contributed by atoms with Gasteiger partial charge < -0.3 is 10.5 Å². The van der Waals surface area contributed by atoms with E-state index in [1.165, 1.54) is 24.8 Å². The number of hydrogen-bond donors (Lipinski definition) is 1. The van der Waals surface area contributed by atoms with Gasteiger partial charge in [-0.15, -0.1) is 0 Å². The van der Waals surface area contributed by atoms with E-state index in [0.29, 0.717) is 6.02 Å². The van der Waals surface area contributed by atoms with Crippen LogP contribution in [0.2, 0.25) is 0 Å². The van der Waals surface area contributed by atoms with Gasteiger partial charge in [-0.05, 0) is 43.8 Å². The fourth-order valence-corrected chi connectivity index (χ4v) is 3.14. The highest BCUT2D eigenvalue weighted by molar-refractivity contribution is 5.73. The van der Waals surface area contributed by atoms with E-state index in [1.54, 1.807) is 0 Å². The van der Waals surface area contributed by atoms with Crippen LogP contribution in [0.5, 0.6) is 0 Å². The molecule has 1 aromatic carbocycles. The van der Waals surface area contributed by atoms with Gasteiger partial charge in [0.25, 0.3) is 6.02 Å². The number of likely N-dealkylation sites (tertiary alicyclic amines) is 1. The number of nitrogens with two attached hydrogens (primary N) is 1. The zero-order valence-corrected chi connectivity index (χ0v) is 11.9. The van der Waals surface area contributed by atoms with Crippen molar-refractivity contribution in [1.29, 1.82) is 0 Å². The summed E-state index contributed by atoms with van der Waals surface area (Å²) in [5, 5.41) is 0. The molecule has 20 heavy (non-hydrogen) atoms. The van der Waals surface area contributed by atoms with Crippen molar-refractivity contribution >= 4 is 6.02 Å². The van der Waals surface area contributed by atoms with Crippen LogP contribution in [-0.4, -0.2) is 43.2 Å². The van der Waals surface area contributed by atoms with E-state index in [1.807, 2.05) is 0 Å². The van der Waals surface area contributed by atoms with Crippen molar-refractivity contribution in [1.82, 2.24) is 4.90 Å². The third-order valence-corrected chi connectivity index (χ3v) is 4.27. The standard InChI is InChI=1S/C16H23N3O/c17-16-18-11-15(20-16)12-19-8-6-14(7-9-19)10-13-4-2-1-3-5-13/h1-5,14-15H,6-12H2,(H2,17,18). The van der Waals surface area contributed by atoms with E-state index in [2.05, 4.69) is 40.2 Å². The topological polar surface area (TPSA) is 50.8 Å². The van der Waals surface area contributed by atoms with Gasteiger partial charge in [0, 0.05) is 6.54 Å².